The van der Waals surface area contributed by atoms with Gasteiger partial charge < -0.3 is 15.7 Å². The number of aliphatic hydroxyl groups is 1. The lowest BCUT2D eigenvalue weighted by Gasteiger charge is -2.08. The molecule has 0 spiro atoms. The molecule has 0 saturated carbocycles. The molecule has 0 radical (unpaired) electrons. The molecule has 0 saturated heterocycles. The molecule has 2 amide bonds. The van der Waals surface area contributed by atoms with Crippen LogP contribution in [0, 0.1) is 6.92 Å². The zero-order valence-electron chi connectivity index (χ0n) is 17.2. The SMILES string of the molecule is Cc1nc(CO)sc1-c1csc(NC(=O)Cc2cccc(NC(=O)c3ccccc3)c2)n1. The Morgan fingerprint density at radius 3 is 2.59 bits per heavy atom. The second-order valence-electron chi connectivity index (χ2n) is 6.96. The Balaban J connectivity index is 1.38. The van der Waals surface area contributed by atoms with Gasteiger partial charge in [-0.1, -0.05) is 30.3 Å². The molecule has 0 bridgehead atoms. The fourth-order valence-corrected chi connectivity index (χ4v) is 4.77. The maximum Gasteiger partial charge on any atom is 0.255 e. The number of hydrogen-bond donors (Lipinski definition) is 3. The Labute approximate surface area is 192 Å². The van der Waals surface area contributed by atoms with Crippen molar-refractivity contribution in [2.45, 2.75) is 20.0 Å². The highest BCUT2D eigenvalue weighted by Gasteiger charge is 2.14. The largest absolute Gasteiger partial charge is 0.389 e. The molecule has 7 nitrogen and oxygen atoms in total. The normalized spacial score (nSPS) is 10.7. The van der Waals surface area contributed by atoms with Crippen LogP contribution in [0.3, 0.4) is 0 Å². The highest BCUT2D eigenvalue weighted by atomic mass is 32.1. The van der Waals surface area contributed by atoms with Gasteiger partial charge in [-0.3, -0.25) is 9.59 Å². The van der Waals surface area contributed by atoms with Crippen LogP contribution in [-0.4, -0.2) is 26.9 Å². The van der Waals surface area contributed by atoms with Crippen molar-refractivity contribution in [3.8, 4) is 10.6 Å². The third-order valence-corrected chi connectivity index (χ3v) is 6.47. The number of hydrogen-bond acceptors (Lipinski definition) is 7. The third-order valence-electron chi connectivity index (χ3n) is 4.54. The molecule has 0 fully saturated rings. The predicted octanol–water partition coefficient (Wildman–Crippen LogP) is 4.50. The highest BCUT2D eigenvalue weighted by molar-refractivity contribution is 7.17. The van der Waals surface area contributed by atoms with E-state index in [0.29, 0.717) is 21.4 Å². The number of carbonyl (C=O) groups is 2. The second kappa shape index (κ2) is 9.82. The molecule has 2 aromatic heterocycles. The van der Waals surface area contributed by atoms with Crippen molar-refractivity contribution in [3.63, 3.8) is 0 Å². The molecule has 0 aliphatic heterocycles. The summed E-state index contributed by atoms with van der Waals surface area (Å²) < 4.78 is 0. The lowest BCUT2D eigenvalue weighted by molar-refractivity contribution is -0.115. The fourth-order valence-electron chi connectivity index (χ4n) is 3.09. The Bertz CT molecular complexity index is 1250. The first-order valence-electron chi connectivity index (χ1n) is 9.80. The summed E-state index contributed by atoms with van der Waals surface area (Å²) in [5.41, 5.74) is 3.50. The number of aliphatic hydroxyl groups excluding tert-OH is 1. The van der Waals surface area contributed by atoms with Gasteiger partial charge in [-0.05, 0) is 36.8 Å². The maximum atomic E-state index is 12.5. The van der Waals surface area contributed by atoms with Crippen molar-refractivity contribution in [2.24, 2.45) is 0 Å². The Kier molecular flexibility index (Phi) is 6.69. The number of aryl methyl sites for hydroxylation is 1. The number of aromatic nitrogens is 2. The predicted molar refractivity (Wildman–Crippen MR) is 127 cm³/mol. The number of nitrogens with one attached hydrogen (secondary N) is 2. The molecule has 0 unspecified atom stereocenters. The molecular formula is C23H20N4O3S2. The summed E-state index contributed by atoms with van der Waals surface area (Å²) in [5, 5.41) is 17.9. The molecule has 3 N–H and O–H groups in total. The van der Waals surface area contributed by atoms with Crippen LogP contribution < -0.4 is 10.6 Å². The van der Waals surface area contributed by atoms with Crippen molar-refractivity contribution in [3.05, 3.63) is 81.8 Å². The minimum Gasteiger partial charge on any atom is -0.389 e. The number of thiazole rings is 2. The van der Waals surface area contributed by atoms with E-state index in [9.17, 15) is 14.7 Å². The van der Waals surface area contributed by atoms with Crippen LogP contribution in [-0.2, 0) is 17.8 Å². The quantitative estimate of drug-likeness (QED) is 0.374. The van der Waals surface area contributed by atoms with E-state index in [1.807, 2.05) is 36.6 Å². The summed E-state index contributed by atoms with van der Waals surface area (Å²) in [7, 11) is 0. The van der Waals surface area contributed by atoms with Crippen molar-refractivity contribution < 1.29 is 14.7 Å². The number of benzene rings is 2. The average molecular weight is 465 g/mol. The highest BCUT2D eigenvalue weighted by Crippen LogP contribution is 2.32. The standard InChI is InChI=1S/C23H20N4O3S2/c1-14-21(32-20(12-28)24-14)18-13-31-23(26-18)27-19(29)11-15-6-5-9-17(10-15)25-22(30)16-7-3-2-4-8-16/h2-10,13,28H,11-12H2,1H3,(H,25,30)(H,26,27,29). The first-order valence-corrected chi connectivity index (χ1v) is 11.5. The van der Waals surface area contributed by atoms with Gasteiger partial charge >= 0.3 is 0 Å². The van der Waals surface area contributed by atoms with Gasteiger partial charge in [0, 0.05) is 16.6 Å². The lowest BCUT2D eigenvalue weighted by atomic mass is 10.1. The molecule has 4 rings (SSSR count). The van der Waals surface area contributed by atoms with Crippen LogP contribution in [0.1, 0.15) is 26.6 Å². The van der Waals surface area contributed by atoms with Crippen LogP contribution in [0.25, 0.3) is 10.6 Å². The summed E-state index contributed by atoms with van der Waals surface area (Å²) in [6.45, 7) is 1.76. The molecular weight excluding hydrogens is 444 g/mol. The van der Waals surface area contributed by atoms with Gasteiger partial charge in [-0.2, -0.15) is 0 Å². The molecule has 9 heteroatoms. The van der Waals surface area contributed by atoms with Crippen molar-refractivity contribution in [1.82, 2.24) is 9.97 Å². The summed E-state index contributed by atoms with van der Waals surface area (Å²) >= 11 is 2.72. The zero-order chi connectivity index (χ0) is 22.5. The van der Waals surface area contributed by atoms with Crippen LogP contribution in [0.5, 0.6) is 0 Å². The summed E-state index contributed by atoms with van der Waals surface area (Å²) in [4.78, 5) is 34.5. The first kappa shape index (κ1) is 21.8. The van der Waals surface area contributed by atoms with E-state index in [2.05, 4.69) is 20.6 Å². The summed E-state index contributed by atoms with van der Waals surface area (Å²) in [6, 6.07) is 16.2. The molecule has 32 heavy (non-hydrogen) atoms. The third kappa shape index (κ3) is 5.25. The molecule has 0 aliphatic rings. The number of carbonyl (C=O) groups excluding carboxylic acids is 2. The number of nitrogens with zero attached hydrogens (tertiary/aromatic N) is 2. The van der Waals surface area contributed by atoms with E-state index in [4.69, 9.17) is 0 Å². The Hall–Kier alpha value is -3.40. The topological polar surface area (TPSA) is 104 Å². The second-order valence-corrected chi connectivity index (χ2v) is 8.91. The smallest absolute Gasteiger partial charge is 0.255 e. The molecule has 2 aromatic carbocycles. The summed E-state index contributed by atoms with van der Waals surface area (Å²) in [5.74, 6) is -0.403. The van der Waals surface area contributed by atoms with Crippen molar-refractivity contribution in [1.29, 1.82) is 0 Å². The van der Waals surface area contributed by atoms with E-state index in [1.54, 1.807) is 30.3 Å². The average Bonchev–Trinajstić information content (AvgIpc) is 3.40. The van der Waals surface area contributed by atoms with Crippen LogP contribution in [0.2, 0.25) is 0 Å². The minimum absolute atomic E-state index is 0.107. The fraction of sp³-hybridized carbons (Fsp3) is 0.130. The lowest BCUT2D eigenvalue weighted by Crippen LogP contribution is -2.15. The van der Waals surface area contributed by atoms with Gasteiger partial charge in [0.25, 0.3) is 5.91 Å². The molecule has 0 aliphatic carbocycles. The van der Waals surface area contributed by atoms with Crippen LogP contribution >= 0.6 is 22.7 Å². The van der Waals surface area contributed by atoms with E-state index in [-0.39, 0.29) is 24.8 Å². The zero-order valence-corrected chi connectivity index (χ0v) is 18.8. The van der Waals surface area contributed by atoms with Gasteiger partial charge in [-0.25, -0.2) is 9.97 Å². The summed E-state index contributed by atoms with van der Waals surface area (Å²) in [6.07, 6.45) is 0.151. The minimum atomic E-state index is -0.203. The Morgan fingerprint density at radius 1 is 1.03 bits per heavy atom. The molecule has 162 valence electrons. The van der Waals surface area contributed by atoms with Gasteiger partial charge in [-0.15, -0.1) is 22.7 Å². The number of rotatable bonds is 7. The van der Waals surface area contributed by atoms with Gasteiger partial charge in [0.05, 0.1) is 29.3 Å². The monoisotopic (exact) mass is 464 g/mol. The van der Waals surface area contributed by atoms with Gasteiger partial charge in [0.15, 0.2) is 5.13 Å². The van der Waals surface area contributed by atoms with Crippen molar-refractivity contribution >= 4 is 45.3 Å². The van der Waals surface area contributed by atoms with E-state index < -0.39 is 0 Å². The Morgan fingerprint density at radius 2 is 1.84 bits per heavy atom. The van der Waals surface area contributed by atoms with Crippen LogP contribution in [0.15, 0.2) is 60.0 Å². The van der Waals surface area contributed by atoms with E-state index in [0.717, 1.165) is 21.8 Å². The van der Waals surface area contributed by atoms with Gasteiger partial charge in [0.1, 0.15) is 5.01 Å². The number of amides is 2. The molecule has 2 heterocycles. The first-order chi connectivity index (χ1) is 15.5. The maximum absolute atomic E-state index is 12.5. The molecule has 4 aromatic rings. The van der Waals surface area contributed by atoms with Crippen LogP contribution in [0.4, 0.5) is 10.8 Å². The van der Waals surface area contributed by atoms with E-state index in [1.165, 1.54) is 22.7 Å². The van der Waals surface area contributed by atoms with E-state index >= 15 is 0 Å². The van der Waals surface area contributed by atoms with Crippen molar-refractivity contribution in [2.75, 3.05) is 10.6 Å². The number of anilines is 2. The van der Waals surface area contributed by atoms with Gasteiger partial charge in [0.2, 0.25) is 5.91 Å². The molecule has 0 atom stereocenters.